The number of rotatable bonds is 7. The van der Waals surface area contributed by atoms with Gasteiger partial charge in [-0.15, -0.1) is 0 Å². The summed E-state index contributed by atoms with van der Waals surface area (Å²) in [5.74, 6) is 0.335. The zero-order valence-electron chi connectivity index (χ0n) is 11.5. The van der Waals surface area contributed by atoms with Crippen molar-refractivity contribution in [3.05, 3.63) is 23.9 Å². The summed E-state index contributed by atoms with van der Waals surface area (Å²) in [4.78, 5) is 19.0. The van der Waals surface area contributed by atoms with Crippen molar-refractivity contribution in [3.63, 3.8) is 0 Å². The molecule has 0 saturated heterocycles. The summed E-state index contributed by atoms with van der Waals surface area (Å²) in [6.07, 6.45) is 4.52. The van der Waals surface area contributed by atoms with E-state index in [1.165, 1.54) is 0 Å². The number of nitrogens with zero attached hydrogens (tertiary/aromatic N) is 2. The van der Waals surface area contributed by atoms with Gasteiger partial charge in [0.25, 0.3) is 0 Å². The van der Waals surface area contributed by atoms with Gasteiger partial charge < -0.3 is 15.4 Å². The molecule has 1 heterocycles. The van der Waals surface area contributed by atoms with Crippen molar-refractivity contribution in [2.24, 2.45) is 5.73 Å². The van der Waals surface area contributed by atoms with Crippen LogP contribution in [-0.4, -0.2) is 35.1 Å². The molecule has 5 nitrogen and oxygen atoms in total. The zero-order chi connectivity index (χ0) is 14.5. The quantitative estimate of drug-likeness (QED) is 0.612. The highest BCUT2D eigenvalue weighted by Gasteiger charge is 2.32. The molecule has 1 fully saturated rings. The van der Waals surface area contributed by atoms with Crippen LogP contribution in [0.2, 0.25) is 0 Å². The molecule has 1 saturated carbocycles. The maximum Gasteiger partial charge on any atom is 0.341 e. The van der Waals surface area contributed by atoms with Crippen LogP contribution in [0.3, 0.4) is 0 Å². The second kappa shape index (κ2) is 6.65. The predicted molar refractivity (Wildman–Crippen MR) is 82.0 cm³/mol. The van der Waals surface area contributed by atoms with Gasteiger partial charge in [0.15, 0.2) is 0 Å². The first-order valence-corrected chi connectivity index (χ1v) is 7.21. The average molecular weight is 293 g/mol. The molecule has 0 atom stereocenters. The molecule has 1 aromatic heterocycles. The molecule has 20 heavy (non-hydrogen) atoms. The van der Waals surface area contributed by atoms with Crippen molar-refractivity contribution in [1.82, 2.24) is 4.98 Å². The number of esters is 1. The minimum Gasteiger partial charge on any atom is -0.462 e. The molecule has 1 aliphatic rings. The predicted octanol–water partition coefficient (Wildman–Crippen LogP) is 1.90. The van der Waals surface area contributed by atoms with Crippen LogP contribution in [0.5, 0.6) is 0 Å². The van der Waals surface area contributed by atoms with Crippen LogP contribution in [0, 0.1) is 0 Å². The molecule has 108 valence electrons. The first-order chi connectivity index (χ1) is 9.63. The van der Waals surface area contributed by atoms with Crippen molar-refractivity contribution in [2.45, 2.75) is 32.2 Å². The number of thiocarbonyl (C=S) groups is 1. The van der Waals surface area contributed by atoms with Crippen LogP contribution in [0.25, 0.3) is 0 Å². The van der Waals surface area contributed by atoms with Gasteiger partial charge in [0.2, 0.25) is 0 Å². The topological polar surface area (TPSA) is 68.5 Å². The van der Waals surface area contributed by atoms with Gasteiger partial charge in [-0.05, 0) is 31.9 Å². The van der Waals surface area contributed by atoms with E-state index >= 15 is 0 Å². The van der Waals surface area contributed by atoms with Gasteiger partial charge in [0, 0.05) is 25.2 Å². The van der Waals surface area contributed by atoms with Gasteiger partial charge in [-0.2, -0.15) is 0 Å². The second-order valence-corrected chi connectivity index (χ2v) is 5.26. The molecule has 0 bridgehead atoms. The standard InChI is InChI=1S/C14H19N3O2S/c1-2-19-14(18)11-4-3-8-16-13(11)17(10-5-6-10)9-7-12(15)20/h3-4,8,10H,2,5-7,9H2,1H3,(H2,15,20). The first-order valence-electron chi connectivity index (χ1n) is 6.80. The minimum absolute atomic E-state index is 0.337. The number of carbonyl (C=O) groups excluding carboxylic acids is 1. The van der Waals surface area contributed by atoms with Crippen molar-refractivity contribution in [2.75, 3.05) is 18.1 Å². The Morgan fingerprint density at radius 3 is 2.95 bits per heavy atom. The maximum atomic E-state index is 12.0. The number of pyridine rings is 1. The van der Waals surface area contributed by atoms with Gasteiger partial charge in [-0.25, -0.2) is 9.78 Å². The van der Waals surface area contributed by atoms with E-state index in [-0.39, 0.29) is 5.97 Å². The molecule has 0 aromatic carbocycles. The third kappa shape index (κ3) is 3.66. The number of aromatic nitrogens is 1. The molecule has 2 rings (SSSR count). The Bertz CT molecular complexity index is 503. The monoisotopic (exact) mass is 293 g/mol. The summed E-state index contributed by atoms with van der Waals surface area (Å²) >= 11 is 4.94. The number of carbonyl (C=O) groups is 1. The Hall–Kier alpha value is -1.69. The fraction of sp³-hybridized carbons (Fsp3) is 0.500. The van der Waals surface area contributed by atoms with Crippen molar-refractivity contribution < 1.29 is 9.53 Å². The summed E-state index contributed by atoms with van der Waals surface area (Å²) < 4.78 is 5.09. The van der Waals surface area contributed by atoms with E-state index in [1.807, 2.05) is 0 Å². The fourth-order valence-corrected chi connectivity index (χ4v) is 2.16. The molecule has 1 aliphatic carbocycles. The minimum atomic E-state index is -0.337. The summed E-state index contributed by atoms with van der Waals surface area (Å²) in [5, 5.41) is 0. The lowest BCUT2D eigenvalue weighted by molar-refractivity contribution is 0.0526. The highest BCUT2D eigenvalue weighted by atomic mass is 32.1. The molecule has 0 unspecified atom stereocenters. The molecule has 0 radical (unpaired) electrons. The summed E-state index contributed by atoms with van der Waals surface area (Å²) in [6, 6.07) is 3.91. The van der Waals surface area contributed by atoms with Crippen molar-refractivity contribution in [3.8, 4) is 0 Å². The van der Waals surface area contributed by atoms with E-state index in [4.69, 9.17) is 22.7 Å². The Balaban J connectivity index is 2.23. The van der Waals surface area contributed by atoms with Crippen LogP contribution in [-0.2, 0) is 4.74 Å². The SMILES string of the molecule is CCOC(=O)c1cccnc1N(CCC(N)=S)C1CC1. The third-order valence-corrected chi connectivity index (χ3v) is 3.34. The number of anilines is 1. The van der Waals surface area contributed by atoms with Crippen molar-refractivity contribution in [1.29, 1.82) is 0 Å². The summed E-state index contributed by atoms with van der Waals surface area (Å²) in [7, 11) is 0. The molecular weight excluding hydrogens is 274 g/mol. The van der Waals surface area contributed by atoms with Crippen LogP contribution in [0.4, 0.5) is 5.82 Å². The summed E-state index contributed by atoms with van der Waals surface area (Å²) in [6.45, 7) is 2.83. The lowest BCUT2D eigenvalue weighted by Gasteiger charge is -2.25. The Kier molecular flexibility index (Phi) is 4.89. The van der Waals surface area contributed by atoms with E-state index < -0.39 is 0 Å². The van der Waals surface area contributed by atoms with E-state index in [9.17, 15) is 4.79 Å². The van der Waals surface area contributed by atoms with E-state index in [0.29, 0.717) is 42.0 Å². The average Bonchev–Trinajstić information content (AvgIpc) is 3.24. The first kappa shape index (κ1) is 14.7. The number of hydrogen-bond acceptors (Lipinski definition) is 5. The highest BCUT2D eigenvalue weighted by Crippen LogP contribution is 2.32. The van der Waals surface area contributed by atoms with Crippen LogP contribution < -0.4 is 10.6 Å². The molecular formula is C14H19N3O2S. The fourth-order valence-electron chi connectivity index (χ4n) is 2.07. The lowest BCUT2D eigenvalue weighted by atomic mass is 10.2. The van der Waals surface area contributed by atoms with Gasteiger partial charge in [0.05, 0.1) is 11.6 Å². The number of nitrogens with two attached hydrogens (primary N) is 1. The second-order valence-electron chi connectivity index (χ2n) is 4.74. The van der Waals surface area contributed by atoms with E-state index in [2.05, 4.69) is 9.88 Å². The Morgan fingerprint density at radius 2 is 2.35 bits per heavy atom. The molecule has 0 spiro atoms. The molecule has 1 aromatic rings. The zero-order valence-corrected chi connectivity index (χ0v) is 12.4. The smallest absolute Gasteiger partial charge is 0.341 e. The van der Waals surface area contributed by atoms with Crippen LogP contribution in [0.1, 0.15) is 36.5 Å². The Morgan fingerprint density at radius 1 is 1.60 bits per heavy atom. The maximum absolute atomic E-state index is 12.0. The number of ether oxygens (including phenoxy) is 1. The Labute approximate surface area is 124 Å². The molecule has 0 amide bonds. The normalized spacial score (nSPS) is 13.8. The van der Waals surface area contributed by atoms with Crippen LogP contribution >= 0.6 is 12.2 Å². The molecule has 6 heteroatoms. The van der Waals surface area contributed by atoms with Gasteiger partial charge in [-0.3, -0.25) is 0 Å². The van der Waals surface area contributed by atoms with Gasteiger partial charge in [0.1, 0.15) is 11.4 Å². The van der Waals surface area contributed by atoms with Gasteiger partial charge >= 0.3 is 5.97 Å². The highest BCUT2D eigenvalue weighted by molar-refractivity contribution is 7.80. The largest absolute Gasteiger partial charge is 0.462 e. The summed E-state index contributed by atoms with van der Waals surface area (Å²) in [5.41, 5.74) is 6.08. The van der Waals surface area contributed by atoms with E-state index in [1.54, 1.807) is 25.3 Å². The van der Waals surface area contributed by atoms with Crippen LogP contribution in [0.15, 0.2) is 18.3 Å². The third-order valence-electron chi connectivity index (χ3n) is 3.14. The van der Waals surface area contributed by atoms with Crippen molar-refractivity contribution >= 4 is 29.0 Å². The lowest BCUT2D eigenvalue weighted by Crippen LogP contribution is -2.32. The van der Waals surface area contributed by atoms with E-state index in [0.717, 1.165) is 12.8 Å². The number of hydrogen-bond donors (Lipinski definition) is 1. The van der Waals surface area contributed by atoms with Gasteiger partial charge in [-0.1, -0.05) is 12.2 Å². The molecule has 0 aliphatic heterocycles. The molecule has 2 N–H and O–H groups in total.